The predicted molar refractivity (Wildman–Crippen MR) is 90.4 cm³/mol. The average molecular weight is 342 g/mol. The van der Waals surface area contributed by atoms with Crippen LogP contribution in [0.25, 0.3) is 0 Å². The van der Waals surface area contributed by atoms with Gasteiger partial charge in [0.25, 0.3) is 5.91 Å². The van der Waals surface area contributed by atoms with E-state index >= 15 is 0 Å². The summed E-state index contributed by atoms with van der Waals surface area (Å²) in [7, 11) is 1.66. The molecule has 1 aromatic carbocycles. The molecule has 0 spiro atoms. The molecule has 2 N–H and O–H groups in total. The number of nitrogens with one attached hydrogen (secondary N) is 1. The van der Waals surface area contributed by atoms with Crippen LogP contribution in [0.4, 0.5) is 0 Å². The lowest BCUT2D eigenvalue weighted by atomic mass is 9.89. The van der Waals surface area contributed by atoms with Gasteiger partial charge >= 0.3 is 0 Å². The maximum Gasteiger partial charge on any atom is 0.253 e. The normalized spacial score (nSPS) is 23.5. The molecule has 1 amide bonds. The number of piperidine rings is 1. The fourth-order valence-corrected chi connectivity index (χ4v) is 3.61. The van der Waals surface area contributed by atoms with Gasteiger partial charge in [0, 0.05) is 12.1 Å². The van der Waals surface area contributed by atoms with Gasteiger partial charge < -0.3 is 14.7 Å². The fourth-order valence-electron chi connectivity index (χ4n) is 3.61. The third-order valence-corrected chi connectivity index (χ3v) is 5.14. The molecule has 2 aliphatic rings. The quantitative estimate of drug-likeness (QED) is 0.884. The third kappa shape index (κ3) is 3.00. The van der Waals surface area contributed by atoms with Crippen molar-refractivity contribution in [2.24, 2.45) is 0 Å². The van der Waals surface area contributed by atoms with Gasteiger partial charge in [-0.2, -0.15) is 15.4 Å². The third-order valence-electron chi connectivity index (χ3n) is 5.14. The molecule has 132 valence electrons. The Morgan fingerprint density at radius 2 is 2.28 bits per heavy atom. The summed E-state index contributed by atoms with van der Waals surface area (Å²) in [6.07, 6.45) is 5.10. The molecule has 1 saturated heterocycles. The first-order valence-electron chi connectivity index (χ1n) is 8.66. The first kappa shape index (κ1) is 16.1. The highest BCUT2D eigenvalue weighted by Gasteiger charge is 2.39. The number of aromatic nitrogens is 3. The Bertz CT molecular complexity index is 773. The number of β-amino-alcohol motifs (C(OH)–C–C–N with tert-alkyl or cyclic N) is 1. The molecule has 4 rings (SSSR count). The number of carbonyl (C=O) groups excluding carboxylic acids is 1. The summed E-state index contributed by atoms with van der Waals surface area (Å²) in [6, 6.07) is 5.62. The van der Waals surface area contributed by atoms with Crippen LogP contribution in [0.3, 0.4) is 0 Å². The molecule has 1 aromatic heterocycles. The fraction of sp³-hybridized carbons (Fsp3) is 0.500. The lowest BCUT2D eigenvalue weighted by Crippen LogP contribution is -2.48. The zero-order valence-corrected chi connectivity index (χ0v) is 14.2. The number of rotatable bonds is 4. The number of nitrogens with zero attached hydrogens (tertiary/aromatic N) is 3. The molecule has 1 atom stereocenters. The van der Waals surface area contributed by atoms with Crippen molar-refractivity contribution in [2.75, 3.05) is 20.2 Å². The number of hydrogen-bond donors (Lipinski definition) is 2. The van der Waals surface area contributed by atoms with Crippen molar-refractivity contribution in [1.29, 1.82) is 0 Å². The number of methoxy groups -OCH3 is 1. The first-order chi connectivity index (χ1) is 12.1. The number of likely N-dealkylation sites (tertiary alicyclic amines) is 1. The van der Waals surface area contributed by atoms with E-state index in [1.807, 2.05) is 12.1 Å². The number of carbonyl (C=O) groups is 1. The lowest BCUT2D eigenvalue weighted by Gasteiger charge is -2.38. The van der Waals surface area contributed by atoms with Gasteiger partial charge in [-0.1, -0.05) is 0 Å². The number of benzene rings is 1. The van der Waals surface area contributed by atoms with Crippen LogP contribution < -0.4 is 4.74 Å². The van der Waals surface area contributed by atoms with E-state index in [0.717, 1.165) is 30.6 Å². The van der Waals surface area contributed by atoms with E-state index in [0.29, 0.717) is 30.1 Å². The maximum absolute atomic E-state index is 13.0. The van der Waals surface area contributed by atoms with Crippen molar-refractivity contribution < 1.29 is 14.6 Å². The van der Waals surface area contributed by atoms with Crippen LogP contribution in [0.1, 0.15) is 53.2 Å². The van der Waals surface area contributed by atoms with Crippen LogP contribution in [-0.2, 0) is 5.60 Å². The van der Waals surface area contributed by atoms with Gasteiger partial charge in [-0.25, -0.2) is 0 Å². The van der Waals surface area contributed by atoms with E-state index in [-0.39, 0.29) is 12.5 Å². The van der Waals surface area contributed by atoms with Gasteiger partial charge in [0.05, 0.1) is 19.9 Å². The van der Waals surface area contributed by atoms with Crippen molar-refractivity contribution in [2.45, 2.75) is 37.2 Å². The molecule has 0 unspecified atom stereocenters. The zero-order chi connectivity index (χ0) is 17.4. The minimum atomic E-state index is -1.15. The van der Waals surface area contributed by atoms with Crippen molar-refractivity contribution in [1.82, 2.24) is 20.3 Å². The second kappa shape index (κ2) is 6.15. The summed E-state index contributed by atoms with van der Waals surface area (Å²) < 4.78 is 5.43. The van der Waals surface area contributed by atoms with Crippen LogP contribution in [0.5, 0.6) is 5.75 Å². The average Bonchev–Trinajstić information content (AvgIpc) is 3.33. The molecule has 1 saturated carbocycles. The summed E-state index contributed by atoms with van der Waals surface area (Å²) in [5.41, 5.74) is 1.09. The molecular weight excluding hydrogens is 320 g/mol. The molecule has 0 radical (unpaired) electrons. The number of aliphatic hydroxyl groups is 1. The summed E-state index contributed by atoms with van der Waals surface area (Å²) in [5.74, 6) is 1.28. The van der Waals surface area contributed by atoms with Gasteiger partial charge in [0.2, 0.25) is 0 Å². The van der Waals surface area contributed by atoms with Gasteiger partial charge in [0.1, 0.15) is 17.0 Å². The van der Waals surface area contributed by atoms with Crippen LogP contribution in [0.15, 0.2) is 24.4 Å². The Kier molecular flexibility index (Phi) is 3.95. The number of hydrogen-bond acceptors (Lipinski definition) is 5. The minimum Gasteiger partial charge on any atom is -0.496 e. The smallest absolute Gasteiger partial charge is 0.253 e. The standard InChI is InChI=1S/C18H22N4O3/c1-25-15-6-5-13(9-14(15)12-3-4-12)17(23)22-8-2-7-18(24,11-22)16-10-19-21-20-16/h5-6,9-10,12,24H,2-4,7-8,11H2,1H3,(H,19,20,21)/t18-/m1/s1. The van der Waals surface area contributed by atoms with Crippen LogP contribution in [-0.4, -0.2) is 51.5 Å². The second-order valence-corrected chi connectivity index (χ2v) is 6.95. The summed E-state index contributed by atoms with van der Waals surface area (Å²) in [5, 5.41) is 21.2. The summed E-state index contributed by atoms with van der Waals surface area (Å²) in [4.78, 5) is 14.7. The molecule has 1 aliphatic heterocycles. The number of ether oxygens (including phenoxy) is 1. The van der Waals surface area contributed by atoms with Crippen molar-refractivity contribution in [3.05, 3.63) is 41.2 Å². The van der Waals surface area contributed by atoms with E-state index in [1.165, 1.54) is 6.20 Å². The largest absolute Gasteiger partial charge is 0.496 e. The van der Waals surface area contributed by atoms with E-state index in [9.17, 15) is 9.90 Å². The second-order valence-electron chi connectivity index (χ2n) is 6.95. The van der Waals surface area contributed by atoms with Gasteiger partial charge in [-0.3, -0.25) is 4.79 Å². The SMILES string of the molecule is COc1ccc(C(=O)N2CCC[C@](O)(c3cn[nH]n3)C2)cc1C1CC1. The Labute approximate surface area is 146 Å². The van der Waals surface area contributed by atoms with E-state index in [1.54, 1.807) is 18.1 Å². The predicted octanol–water partition coefficient (Wildman–Crippen LogP) is 1.81. The highest BCUT2D eigenvalue weighted by atomic mass is 16.5. The number of H-pyrrole nitrogens is 1. The molecule has 2 fully saturated rings. The van der Waals surface area contributed by atoms with Crippen molar-refractivity contribution >= 4 is 5.91 Å². The van der Waals surface area contributed by atoms with Crippen LogP contribution in [0, 0.1) is 0 Å². The Morgan fingerprint density at radius 3 is 2.96 bits per heavy atom. The topological polar surface area (TPSA) is 91.3 Å². The van der Waals surface area contributed by atoms with Gasteiger partial charge in [-0.15, -0.1) is 0 Å². The molecular formula is C18H22N4O3. The molecule has 7 heteroatoms. The highest BCUT2D eigenvalue weighted by Crippen LogP contribution is 2.44. The van der Waals surface area contributed by atoms with Crippen LogP contribution >= 0.6 is 0 Å². The first-order valence-corrected chi connectivity index (χ1v) is 8.66. The molecule has 0 bridgehead atoms. The Balaban J connectivity index is 1.57. The van der Waals surface area contributed by atoms with Crippen molar-refractivity contribution in [3.8, 4) is 5.75 Å². The summed E-state index contributed by atoms with van der Waals surface area (Å²) in [6.45, 7) is 0.854. The monoisotopic (exact) mass is 342 g/mol. The molecule has 25 heavy (non-hydrogen) atoms. The zero-order valence-electron chi connectivity index (χ0n) is 14.2. The number of aromatic amines is 1. The van der Waals surface area contributed by atoms with E-state index < -0.39 is 5.60 Å². The lowest BCUT2D eigenvalue weighted by molar-refractivity contribution is -0.0320. The molecule has 1 aliphatic carbocycles. The Hall–Kier alpha value is -2.41. The highest BCUT2D eigenvalue weighted by molar-refractivity contribution is 5.94. The van der Waals surface area contributed by atoms with E-state index in [4.69, 9.17) is 4.74 Å². The maximum atomic E-state index is 13.0. The van der Waals surface area contributed by atoms with Crippen LogP contribution in [0.2, 0.25) is 0 Å². The van der Waals surface area contributed by atoms with Crippen molar-refractivity contribution in [3.63, 3.8) is 0 Å². The van der Waals surface area contributed by atoms with Gasteiger partial charge in [0.15, 0.2) is 0 Å². The minimum absolute atomic E-state index is 0.0637. The van der Waals surface area contributed by atoms with E-state index in [2.05, 4.69) is 15.4 Å². The van der Waals surface area contributed by atoms with Gasteiger partial charge in [-0.05, 0) is 55.4 Å². The number of amides is 1. The Morgan fingerprint density at radius 1 is 1.44 bits per heavy atom. The molecule has 2 heterocycles. The summed E-state index contributed by atoms with van der Waals surface area (Å²) >= 11 is 0. The molecule has 2 aromatic rings. The molecule has 7 nitrogen and oxygen atoms in total.